The van der Waals surface area contributed by atoms with Crippen molar-refractivity contribution in [1.29, 1.82) is 0 Å². The molecule has 0 unspecified atom stereocenters. The van der Waals surface area contributed by atoms with E-state index in [-0.39, 0.29) is 0 Å². The van der Waals surface area contributed by atoms with Gasteiger partial charge in [-0.25, -0.2) is 4.52 Å². The third kappa shape index (κ3) is 1.75. The number of nitrogens with zero attached hydrogens (tertiary/aromatic N) is 3. The number of halogens is 1. The molecule has 0 amide bonds. The van der Waals surface area contributed by atoms with Crippen LogP contribution in [0.1, 0.15) is 25.7 Å². The van der Waals surface area contributed by atoms with E-state index in [1.54, 1.807) is 10.7 Å². The van der Waals surface area contributed by atoms with Crippen molar-refractivity contribution < 1.29 is 0 Å². The third-order valence-electron chi connectivity index (χ3n) is 4.23. The Morgan fingerprint density at radius 1 is 1.39 bits per heavy atom. The van der Waals surface area contributed by atoms with E-state index in [0.29, 0.717) is 16.4 Å². The number of hydrogen-bond donors (Lipinski definition) is 1. The normalized spacial score (nSPS) is 21.2. The van der Waals surface area contributed by atoms with Crippen LogP contribution in [0.3, 0.4) is 0 Å². The fourth-order valence-corrected chi connectivity index (χ4v) is 2.93. The minimum atomic E-state index is 0.565. The first-order chi connectivity index (χ1) is 8.75. The van der Waals surface area contributed by atoms with Crippen molar-refractivity contribution in [2.45, 2.75) is 25.7 Å². The van der Waals surface area contributed by atoms with Crippen LogP contribution in [0.4, 0.5) is 5.95 Å². The highest BCUT2D eigenvalue weighted by Crippen LogP contribution is 2.61. The van der Waals surface area contributed by atoms with Gasteiger partial charge >= 0.3 is 0 Å². The summed E-state index contributed by atoms with van der Waals surface area (Å²) in [5.41, 5.74) is 1.40. The molecule has 1 N–H and O–H groups in total. The van der Waals surface area contributed by atoms with Gasteiger partial charge in [0.25, 0.3) is 0 Å². The van der Waals surface area contributed by atoms with Gasteiger partial charge < -0.3 is 5.32 Å². The van der Waals surface area contributed by atoms with Crippen LogP contribution >= 0.6 is 11.6 Å². The lowest BCUT2D eigenvalue weighted by molar-refractivity contribution is 0.465. The number of hydrogen-bond acceptors (Lipinski definition) is 3. The van der Waals surface area contributed by atoms with Crippen molar-refractivity contribution in [3.8, 4) is 0 Å². The first-order valence-corrected chi connectivity index (χ1v) is 6.89. The van der Waals surface area contributed by atoms with Gasteiger partial charge in [0.1, 0.15) is 0 Å². The molecule has 2 aromatic rings. The average Bonchev–Trinajstić information content (AvgIpc) is 3.22. The molecule has 18 heavy (non-hydrogen) atoms. The quantitative estimate of drug-likeness (QED) is 0.921. The van der Waals surface area contributed by atoms with Crippen molar-refractivity contribution in [2.24, 2.45) is 11.3 Å². The van der Waals surface area contributed by atoms with Crippen molar-refractivity contribution in [3.63, 3.8) is 0 Å². The smallest absolute Gasteiger partial charge is 0.243 e. The predicted molar refractivity (Wildman–Crippen MR) is 70.9 cm³/mol. The first-order valence-electron chi connectivity index (χ1n) is 6.51. The number of aromatic nitrogens is 3. The number of fused-ring (bicyclic) bond motifs is 1. The van der Waals surface area contributed by atoms with Crippen molar-refractivity contribution >= 4 is 23.2 Å². The summed E-state index contributed by atoms with van der Waals surface area (Å²) >= 11 is 5.93. The van der Waals surface area contributed by atoms with E-state index >= 15 is 0 Å². The maximum absolute atomic E-state index is 5.93. The fraction of sp³-hybridized carbons (Fsp3) is 0.538. The maximum atomic E-state index is 5.93. The standard InChI is InChI=1S/C13H15ClN4/c14-10-3-4-11-16-12(17-18(11)7-10)15-8-13(5-6-13)9-1-2-9/h3-4,7,9H,1-2,5-6,8H2,(H,15,17). The zero-order valence-electron chi connectivity index (χ0n) is 10.1. The average molecular weight is 263 g/mol. The van der Waals surface area contributed by atoms with Crippen molar-refractivity contribution in [1.82, 2.24) is 14.6 Å². The van der Waals surface area contributed by atoms with Gasteiger partial charge in [0.05, 0.1) is 5.02 Å². The van der Waals surface area contributed by atoms with Crippen LogP contribution in [-0.2, 0) is 0 Å². The summed E-state index contributed by atoms with van der Waals surface area (Å²) in [6, 6.07) is 3.72. The topological polar surface area (TPSA) is 42.2 Å². The summed E-state index contributed by atoms with van der Waals surface area (Å²) in [6.45, 7) is 1.02. The van der Waals surface area contributed by atoms with Gasteiger partial charge in [-0.2, -0.15) is 4.98 Å². The Bertz CT molecular complexity index is 598. The number of nitrogens with one attached hydrogen (secondary N) is 1. The van der Waals surface area contributed by atoms with Crippen LogP contribution in [-0.4, -0.2) is 21.1 Å². The van der Waals surface area contributed by atoms with Crippen LogP contribution < -0.4 is 5.32 Å². The molecule has 5 heteroatoms. The van der Waals surface area contributed by atoms with E-state index in [1.807, 2.05) is 12.1 Å². The van der Waals surface area contributed by atoms with Gasteiger partial charge in [-0.3, -0.25) is 0 Å². The molecule has 2 aliphatic rings. The summed E-state index contributed by atoms with van der Waals surface area (Å²) in [4.78, 5) is 4.45. The Balaban J connectivity index is 1.52. The molecule has 0 atom stereocenters. The van der Waals surface area contributed by atoms with E-state index in [2.05, 4.69) is 15.4 Å². The summed E-state index contributed by atoms with van der Waals surface area (Å²) < 4.78 is 1.72. The second kappa shape index (κ2) is 3.60. The lowest BCUT2D eigenvalue weighted by atomic mass is 10.0. The molecule has 0 spiro atoms. The number of pyridine rings is 1. The van der Waals surface area contributed by atoms with Crippen LogP contribution in [0.2, 0.25) is 5.02 Å². The van der Waals surface area contributed by atoms with Gasteiger partial charge in [0.15, 0.2) is 5.65 Å². The summed E-state index contributed by atoms with van der Waals surface area (Å²) in [7, 11) is 0. The van der Waals surface area contributed by atoms with Crippen molar-refractivity contribution in [2.75, 3.05) is 11.9 Å². The number of rotatable bonds is 4. The minimum Gasteiger partial charge on any atom is -0.352 e. The van der Waals surface area contributed by atoms with E-state index < -0.39 is 0 Å². The second-order valence-corrected chi connectivity index (χ2v) is 6.01. The molecule has 0 bridgehead atoms. The monoisotopic (exact) mass is 262 g/mol. The summed E-state index contributed by atoms with van der Waals surface area (Å²) in [5, 5.41) is 8.46. The maximum Gasteiger partial charge on any atom is 0.243 e. The summed E-state index contributed by atoms with van der Waals surface area (Å²) in [5.74, 6) is 1.67. The Kier molecular flexibility index (Phi) is 2.13. The molecule has 0 saturated heterocycles. The molecule has 2 aromatic heterocycles. The largest absolute Gasteiger partial charge is 0.352 e. The van der Waals surface area contributed by atoms with Crippen LogP contribution in [0.15, 0.2) is 18.3 Å². The predicted octanol–water partition coefficient (Wildman–Crippen LogP) is 2.98. The highest BCUT2D eigenvalue weighted by molar-refractivity contribution is 6.30. The van der Waals surface area contributed by atoms with Gasteiger partial charge in [-0.1, -0.05) is 11.6 Å². The zero-order chi connectivity index (χ0) is 12.2. The molecule has 2 aliphatic carbocycles. The third-order valence-corrected chi connectivity index (χ3v) is 4.45. The van der Waals surface area contributed by atoms with Crippen LogP contribution in [0, 0.1) is 11.3 Å². The molecule has 2 fully saturated rings. The molecule has 0 aliphatic heterocycles. The van der Waals surface area contributed by atoms with E-state index in [4.69, 9.17) is 11.6 Å². The van der Waals surface area contributed by atoms with Crippen molar-refractivity contribution in [3.05, 3.63) is 23.4 Å². The molecule has 2 saturated carbocycles. The van der Waals surface area contributed by atoms with Gasteiger partial charge in [0, 0.05) is 12.7 Å². The Labute approximate surface area is 110 Å². The van der Waals surface area contributed by atoms with Gasteiger partial charge in [0.2, 0.25) is 5.95 Å². The Hall–Kier alpha value is -1.29. The second-order valence-electron chi connectivity index (χ2n) is 5.58. The first kappa shape index (κ1) is 10.6. The van der Waals surface area contributed by atoms with Crippen LogP contribution in [0.5, 0.6) is 0 Å². The highest BCUT2D eigenvalue weighted by atomic mass is 35.5. The molecular weight excluding hydrogens is 248 g/mol. The number of anilines is 1. The molecule has 4 rings (SSSR count). The Morgan fingerprint density at radius 2 is 2.22 bits per heavy atom. The highest BCUT2D eigenvalue weighted by Gasteiger charge is 2.53. The van der Waals surface area contributed by atoms with E-state index in [1.165, 1.54) is 25.7 Å². The zero-order valence-corrected chi connectivity index (χ0v) is 10.8. The molecule has 4 nitrogen and oxygen atoms in total. The Morgan fingerprint density at radius 3 is 2.94 bits per heavy atom. The SMILES string of the molecule is Clc1ccc2nc(NCC3(C4CC4)CC3)nn2c1. The van der Waals surface area contributed by atoms with Gasteiger partial charge in [-0.15, -0.1) is 5.10 Å². The molecular formula is C13H15ClN4. The lowest BCUT2D eigenvalue weighted by Crippen LogP contribution is -2.18. The molecule has 94 valence electrons. The minimum absolute atomic E-state index is 0.565. The lowest BCUT2D eigenvalue weighted by Gasteiger charge is -2.13. The van der Waals surface area contributed by atoms with E-state index in [0.717, 1.165) is 18.1 Å². The molecule has 0 aromatic carbocycles. The van der Waals surface area contributed by atoms with Gasteiger partial charge in [-0.05, 0) is 49.1 Å². The van der Waals surface area contributed by atoms with Crippen LogP contribution in [0.25, 0.3) is 5.65 Å². The molecule has 2 heterocycles. The molecule has 0 radical (unpaired) electrons. The summed E-state index contributed by atoms with van der Waals surface area (Å²) in [6.07, 6.45) is 7.34. The fourth-order valence-electron chi connectivity index (χ4n) is 2.77. The van der Waals surface area contributed by atoms with E-state index in [9.17, 15) is 0 Å².